The Balaban J connectivity index is 1.46. The fourth-order valence-electron chi connectivity index (χ4n) is 3.72. The minimum absolute atomic E-state index is 0.0202. The lowest BCUT2D eigenvalue weighted by molar-refractivity contribution is -0.138. The Hall–Kier alpha value is -1.41. The van der Waals surface area contributed by atoms with E-state index >= 15 is 0 Å². The molecule has 2 aliphatic rings. The van der Waals surface area contributed by atoms with Crippen molar-refractivity contribution in [2.75, 3.05) is 32.4 Å². The number of piperidine rings is 2. The summed E-state index contributed by atoms with van der Waals surface area (Å²) in [5.41, 5.74) is 0. The maximum Gasteiger partial charge on any atom is 0.225 e. The molecule has 2 fully saturated rings. The molecule has 0 radical (unpaired) electrons. The number of aromatic nitrogens is 2. The number of nitrogens with zero attached hydrogens (tertiary/aromatic N) is 4. The second-order valence-electron chi connectivity index (χ2n) is 6.96. The summed E-state index contributed by atoms with van der Waals surface area (Å²) < 4.78 is 26.7. The van der Waals surface area contributed by atoms with Crippen LogP contribution in [0.15, 0.2) is 18.7 Å². The van der Waals surface area contributed by atoms with Crippen LogP contribution in [0.25, 0.3) is 0 Å². The summed E-state index contributed by atoms with van der Waals surface area (Å²) in [4.78, 5) is 18.7. The Bertz CT molecular complexity index is 643. The fourth-order valence-corrected chi connectivity index (χ4v) is 4.60. The number of rotatable bonds is 4. The maximum absolute atomic E-state index is 12.7. The molecule has 3 rings (SSSR count). The maximum atomic E-state index is 12.7. The van der Waals surface area contributed by atoms with E-state index in [0.717, 1.165) is 32.5 Å². The topological polar surface area (TPSA) is 75.5 Å². The summed E-state index contributed by atoms with van der Waals surface area (Å²) in [5.74, 6) is 0.785. The number of carbonyl (C=O) groups excluding carboxylic acids is 1. The molecular formula is C16H26N4O3S. The zero-order valence-electron chi connectivity index (χ0n) is 14.2. The largest absolute Gasteiger partial charge is 0.342 e. The van der Waals surface area contributed by atoms with Crippen molar-refractivity contribution < 1.29 is 13.2 Å². The van der Waals surface area contributed by atoms with Gasteiger partial charge in [0.15, 0.2) is 0 Å². The molecule has 0 bridgehead atoms. The summed E-state index contributed by atoms with van der Waals surface area (Å²) in [6, 6.07) is 0. The highest BCUT2D eigenvalue weighted by Gasteiger charge is 2.32. The van der Waals surface area contributed by atoms with Gasteiger partial charge in [0, 0.05) is 51.0 Å². The Morgan fingerprint density at radius 3 is 2.33 bits per heavy atom. The molecule has 8 heteroatoms. The van der Waals surface area contributed by atoms with Gasteiger partial charge in [-0.05, 0) is 31.6 Å². The molecule has 134 valence electrons. The molecule has 1 aromatic heterocycles. The first-order chi connectivity index (χ1) is 11.4. The number of likely N-dealkylation sites (tertiary alicyclic amines) is 1. The second kappa shape index (κ2) is 7.23. The molecule has 0 spiro atoms. The molecule has 0 atom stereocenters. The SMILES string of the molecule is CS(=O)(=O)N1CCC(C(=O)N2CCC(Cn3ccnc3)CC2)CC1. The van der Waals surface area contributed by atoms with Crippen molar-refractivity contribution in [3.05, 3.63) is 18.7 Å². The van der Waals surface area contributed by atoms with E-state index in [1.54, 1.807) is 6.20 Å². The van der Waals surface area contributed by atoms with E-state index in [1.807, 2.05) is 17.4 Å². The summed E-state index contributed by atoms with van der Waals surface area (Å²) in [6.45, 7) is 3.52. The molecule has 1 aromatic rings. The highest BCUT2D eigenvalue weighted by molar-refractivity contribution is 7.88. The predicted octanol–water partition coefficient (Wildman–Crippen LogP) is 0.793. The Morgan fingerprint density at radius 2 is 1.79 bits per heavy atom. The highest BCUT2D eigenvalue weighted by Crippen LogP contribution is 2.25. The smallest absolute Gasteiger partial charge is 0.225 e. The lowest BCUT2D eigenvalue weighted by Gasteiger charge is -2.36. The molecule has 0 N–H and O–H groups in total. The third-order valence-electron chi connectivity index (χ3n) is 5.23. The standard InChI is InChI=1S/C16H26N4O3S/c1-24(22,23)20-9-4-15(5-10-20)16(21)19-7-2-14(3-8-19)12-18-11-6-17-13-18/h6,11,13-15H,2-5,7-10,12H2,1H3. The van der Waals surface area contributed by atoms with E-state index in [9.17, 15) is 13.2 Å². The van der Waals surface area contributed by atoms with Gasteiger partial charge in [-0.25, -0.2) is 17.7 Å². The van der Waals surface area contributed by atoms with Crippen molar-refractivity contribution in [3.8, 4) is 0 Å². The van der Waals surface area contributed by atoms with E-state index in [1.165, 1.54) is 10.6 Å². The first-order valence-corrected chi connectivity index (χ1v) is 10.5. The molecule has 0 unspecified atom stereocenters. The van der Waals surface area contributed by atoms with Crippen LogP contribution in [0.2, 0.25) is 0 Å². The zero-order valence-corrected chi connectivity index (χ0v) is 15.0. The van der Waals surface area contributed by atoms with Crippen molar-refractivity contribution in [1.29, 1.82) is 0 Å². The van der Waals surface area contributed by atoms with E-state index in [0.29, 0.717) is 31.8 Å². The van der Waals surface area contributed by atoms with Gasteiger partial charge in [0.1, 0.15) is 0 Å². The Kier molecular flexibility index (Phi) is 5.24. The number of carbonyl (C=O) groups is 1. The first-order valence-electron chi connectivity index (χ1n) is 8.63. The van der Waals surface area contributed by atoms with Crippen LogP contribution in [0.5, 0.6) is 0 Å². The third-order valence-corrected chi connectivity index (χ3v) is 6.53. The quantitative estimate of drug-likeness (QED) is 0.801. The van der Waals surface area contributed by atoms with Crippen LogP contribution in [0.3, 0.4) is 0 Å². The van der Waals surface area contributed by atoms with Crippen molar-refractivity contribution in [2.24, 2.45) is 11.8 Å². The summed E-state index contributed by atoms with van der Waals surface area (Å²) in [6.07, 6.45) is 10.2. The van der Waals surface area contributed by atoms with E-state index in [4.69, 9.17) is 0 Å². The van der Waals surface area contributed by atoms with Gasteiger partial charge < -0.3 is 9.47 Å². The van der Waals surface area contributed by atoms with Crippen molar-refractivity contribution in [2.45, 2.75) is 32.2 Å². The van der Waals surface area contributed by atoms with E-state index < -0.39 is 10.0 Å². The number of amides is 1. The predicted molar refractivity (Wildman–Crippen MR) is 90.7 cm³/mol. The van der Waals surface area contributed by atoms with Gasteiger partial charge >= 0.3 is 0 Å². The summed E-state index contributed by atoms with van der Waals surface area (Å²) in [5, 5.41) is 0. The molecule has 24 heavy (non-hydrogen) atoms. The lowest BCUT2D eigenvalue weighted by Crippen LogP contribution is -2.46. The van der Waals surface area contributed by atoms with E-state index in [-0.39, 0.29) is 11.8 Å². The van der Waals surface area contributed by atoms with Gasteiger partial charge in [-0.2, -0.15) is 0 Å². The lowest BCUT2D eigenvalue weighted by atomic mass is 9.92. The Morgan fingerprint density at radius 1 is 1.12 bits per heavy atom. The zero-order chi connectivity index (χ0) is 17.2. The number of sulfonamides is 1. The van der Waals surface area contributed by atoms with Crippen LogP contribution in [-0.4, -0.2) is 65.5 Å². The molecule has 1 amide bonds. The third kappa shape index (κ3) is 4.16. The summed E-state index contributed by atoms with van der Waals surface area (Å²) in [7, 11) is -3.13. The van der Waals surface area contributed by atoms with Gasteiger partial charge in [0.25, 0.3) is 0 Å². The average molecular weight is 354 g/mol. The second-order valence-corrected chi connectivity index (χ2v) is 8.95. The van der Waals surface area contributed by atoms with Crippen LogP contribution in [-0.2, 0) is 21.4 Å². The van der Waals surface area contributed by atoms with Gasteiger partial charge in [-0.1, -0.05) is 0 Å². The van der Waals surface area contributed by atoms with Crippen LogP contribution >= 0.6 is 0 Å². The number of imidazole rings is 1. The number of hydrogen-bond acceptors (Lipinski definition) is 4. The molecule has 2 aliphatic heterocycles. The van der Waals surface area contributed by atoms with Crippen LogP contribution in [0, 0.1) is 11.8 Å². The van der Waals surface area contributed by atoms with Gasteiger partial charge in [-0.15, -0.1) is 0 Å². The average Bonchev–Trinajstić information content (AvgIpc) is 3.07. The minimum atomic E-state index is -3.13. The van der Waals surface area contributed by atoms with Crippen LogP contribution in [0.4, 0.5) is 0 Å². The first kappa shape index (κ1) is 17.4. The minimum Gasteiger partial charge on any atom is -0.342 e. The molecule has 0 aliphatic carbocycles. The molecule has 0 saturated carbocycles. The van der Waals surface area contributed by atoms with Crippen LogP contribution in [0.1, 0.15) is 25.7 Å². The molecule has 2 saturated heterocycles. The molecule has 7 nitrogen and oxygen atoms in total. The van der Waals surface area contributed by atoms with Gasteiger partial charge in [0.05, 0.1) is 12.6 Å². The van der Waals surface area contributed by atoms with Gasteiger partial charge in [0.2, 0.25) is 15.9 Å². The molecular weight excluding hydrogens is 328 g/mol. The fraction of sp³-hybridized carbons (Fsp3) is 0.750. The summed E-state index contributed by atoms with van der Waals surface area (Å²) >= 11 is 0. The van der Waals surface area contributed by atoms with Crippen molar-refractivity contribution >= 4 is 15.9 Å². The monoisotopic (exact) mass is 354 g/mol. The number of hydrogen-bond donors (Lipinski definition) is 0. The normalized spacial score (nSPS) is 22.0. The van der Waals surface area contributed by atoms with Crippen molar-refractivity contribution in [1.82, 2.24) is 18.8 Å². The van der Waals surface area contributed by atoms with Gasteiger partial charge in [-0.3, -0.25) is 4.79 Å². The van der Waals surface area contributed by atoms with Crippen molar-refractivity contribution in [3.63, 3.8) is 0 Å². The van der Waals surface area contributed by atoms with E-state index in [2.05, 4.69) is 9.55 Å². The molecule has 0 aromatic carbocycles. The van der Waals surface area contributed by atoms with Crippen LogP contribution < -0.4 is 0 Å². The Labute approximate surface area is 143 Å². The highest BCUT2D eigenvalue weighted by atomic mass is 32.2. The molecule has 3 heterocycles.